The number of anilines is 1. The van der Waals surface area contributed by atoms with E-state index in [2.05, 4.69) is 10.3 Å². The van der Waals surface area contributed by atoms with E-state index in [1.54, 1.807) is 12.1 Å². The highest BCUT2D eigenvalue weighted by Gasteiger charge is 2.41. The van der Waals surface area contributed by atoms with E-state index in [1.807, 2.05) is 14.1 Å². The molecule has 0 saturated carbocycles. The minimum absolute atomic E-state index is 0.193. The van der Waals surface area contributed by atoms with Gasteiger partial charge in [0.1, 0.15) is 11.5 Å². The summed E-state index contributed by atoms with van der Waals surface area (Å²) in [6, 6.07) is 3.88. The lowest BCUT2D eigenvalue weighted by Crippen LogP contribution is -3.06. The smallest absolute Gasteiger partial charge is 0.335 e. The molecule has 140 valence electrons. The zero-order valence-electron chi connectivity index (χ0n) is 15.2. The highest BCUT2D eigenvalue weighted by atomic mass is 16.5. The van der Waals surface area contributed by atoms with Crippen molar-refractivity contribution in [3.05, 3.63) is 18.2 Å². The van der Waals surface area contributed by atoms with Gasteiger partial charge in [0.2, 0.25) is 5.91 Å². The fourth-order valence-corrected chi connectivity index (χ4v) is 2.39. The molecule has 0 spiro atoms. The van der Waals surface area contributed by atoms with Crippen molar-refractivity contribution >= 4 is 29.7 Å². The fourth-order valence-electron chi connectivity index (χ4n) is 2.39. The number of ether oxygens (including phenoxy) is 2. The van der Waals surface area contributed by atoms with Crippen LogP contribution in [0.15, 0.2) is 23.2 Å². The second kappa shape index (κ2) is 8.43. The Balaban J connectivity index is 2.32. The maximum atomic E-state index is 12.8. The van der Waals surface area contributed by atoms with Crippen LogP contribution in [0.5, 0.6) is 11.5 Å². The van der Waals surface area contributed by atoms with Gasteiger partial charge >= 0.3 is 6.03 Å². The number of hydrogen-bond acceptors (Lipinski definition) is 6. The van der Waals surface area contributed by atoms with Crippen molar-refractivity contribution in [3.63, 3.8) is 0 Å². The number of imide groups is 2. The third kappa shape index (κ3) is 4.17. The molecule has 26 heavy (non-hydrogen) atoms. The maximum absolute atomic E-state index is 12.8. The Morgan fingerprint density at radius 2 is 1.96 bits per heavy atom. The average molecular weight is 363 g/mol. The number of aliphatic imine (C=N–C) groups is 1. The minimum Gasteiger partial charge on any atom is -0.497 e. The molecule has 0 bridgehead atoms. The van der Waals surface area contributed by atoms with Gasteiger partial charge in [-0.1, -0.05) is 0 Å². The Hall–Kier alpha value is -2.94. The zero-order valence-corrected chi connectivity index (χ0v) is 15.2. The van der Waals surface area contributed by atoms with E-state index in [4.69, 9.17) is 9.47 Å². The molecule has 1 aliphatic rings. The van der Waals surface area contributed by atoms with Crippen LogP contribution >= 0.6 is 0 Å². The summed E-state index contributed by atoms with van der Waals surface area (Å²) < 4.78 is 10.4. The summed E-state index contributed by atoms with van der Waals surface area (Å²) >= 11 is 0. The molecule has 2 rings (SSSR count). The Kier molecular flexibility index (Phi) is 6.29. The maximum Gasteiger partial charge on any atom is 0.335 e. The fraction of sp³-hybridized carbons (Fsp3) is 0.412. The number of nitrogens with one attached hydrogen (secondary N) is 2. The number of likely N-dealkylation sites (N-methyl/N-ethyl adjacent to an activating group) is 1. The summed E-state index contributed by atoms with van der Waals surface area (Å²) in [5.41, 5.74) is 0.193. The van der Waals surface area contributed by atoms with Crippen LogP contribution in [0.2, 0.25) is 0 Å². The largest absolute Gasteiger partial charge is 0.497 e. The van der Waals surface area contributed by atoms with E-state index in [9.17, 15) is 14.4 Å². The van der Waals surface area contributed by atoms with Gasteiger partial charge in [0, 0.05) is 12.3 Å². The number of barbiturate groups is 1. The number of carbonyl (C=O) groups excluding carboxylic acids is 3. The normalized spacial score (nSPS) is 17.8. The molecule has 1 atom stereocenters. The third-order valence-electron chi connectivity index (χ3n) is 3.82. The molecule has 0 radical (unpaired) electrons. The van der Waals surface area contributed by atoms with Gasteiger partial charge in [-0.25, -0.2) is 9.69 Å². The number of carbonyl (C=O) groups is 3. The molecule has 9 heteroatoms. The van der Waals surface area contributed by atoms with Crippen LogP contribution in [-0.4, -0.2) is 65.5 Å². The van der Waals surface area contributed by atoms with Crippen LogP contribution in [0.4, 0.5) is 10.5 Å². The number of nitrogens with zero attached hydrogens (tertiary/aromatic N) is 2. The molecular formula is C17H23N4O5+. The molecule has 2 N–H and O–H groups in total. The first kappa shape index (κ1) is 19.4. The summed E-state index contributed by atoms with van der Waals surface area (Å²) in [5, 5.41) is 2.18. The van der Waals surface area contributed by atoms with E-state index >= 15 is 0 Å². The lowest BCUT2D eigenvalue weighted by Gasteiger charge is -2.29. The molecule has 1 unspecified atom stereocenters. The second-order valence-corrected chi connectivity index (χ2v) is 6.00. The molecule has 0 aliphatic carbocycles. The summed E-state index contributed by atoms with van der Waals surface area (Å²) in [6.45, 7) is 1.22. The van der Waals surface area contributed by atoms with E-state index in [1.165, 1.54) is 31.4 Å². The third-order valence-corrected chi connectivity index (χ3v) is 3.82. The highest BCUT2D eigenvalue weighted by molar-refractivity contribution is 6.33. The van der Waals surface area contributed by atoms with E-state index < -0.39 is 23.8 Å². The summed E-state index contributed by atoms with van der Waals surface area (Å²) in [6.07, 6.45) is 1.28. The lowest BCUT2D eigenvalue weighted by atomic mass is 10.1. The van der Waals surface area contributed by atoms with Crippen molar-refractivity contribution in [2.24, 2.45) is 10.9 Å². The number of quaternary nitrogens is 1. The van der Waals surface area contributed by atoms with Crippen LogP contribution in [0.1, 0.15) is 0 Å². The topological polar surface area (TPSA) is 102 Å². The molecular weight excluding hydrogens is 340 g/mol. The molecule has 1 aromatic carbocycles. The van der Waals surface area contributed by atoms with Crippen LogP contribution in [0.3, 0.4) is 0 Å². The van der Waals surface area contributed by atoms with Crippen molar-refractivity contribution in [3.8, 4) is 11.5 Å². The molecule has 1 aliphatic heterocycles. The van der Waals surface area contributed by atoms with Gasteiger partial charge in [0.05, 0.1) is 47.1 Å². The predicted molar refractivity (Wildman–Crippen MR) is 95.1 cm³/mol. The first-order valence-corrected chi connectivity index (χ1v) is 8.08. The van der Waals surface area contributed by atoms with E-state index in [-0.39, 0.29) is 5.69 Å². The molecule has 1 heterocycles. The summed E-state index contributed by atoms with van der Waals surface area (Å²) in [5.74, 6) is -1.82. The zero-order chi connectivity index (χ0) is 19.3. The molecule has 9 nitrogen and oxygen atoms in total. The molecule has 0 aromatic heterocycles. The number of rotatable bonds is 7. The molecule has 1 aromatic rings. The molecule has 4 amide bonds. The van der Waals surface area contributed by atoms with Crippen molar-refractivity contribution in [1.29, 1.82) is 0 Å². The monoisotopic (exact) mass is 363 g/mol. The average Bonchev–Trinajstić information content (AvgIpc) is 2.60. The lowest BCUT2D eigenvalue weighted by molar-refractivity contribution is -0.856. The Labute approximate surface area is 151 Å². The number of methoxy groups -OCH3 is 2. The number of amides is 4. The molecule has 1 saturated heterocycles. The van der Waals surface area contributed by atoms with Crippen LogP contribution < -0.4 is 24.6 Å². The van der Waals surface area contributed by atoms with Gasteiger partial charge in [-0.05, 0) is 12.1 Å². The van der Waals surface area contributed by atoms with E-state index in [0.29, 0.717) is 18.0 Å². The van der Waals surface area contributed by atoms with Crippen molar-refractivity contribution in [1.82, 2.24) is 5.32 Å². The van der Waals surface area contributed by atoms with Gasteiger partial charge < -0.3 is 14.4 Å². The first-order valence-electron chi connectivity index (χ1n) is 8.08. The van der Waals surface area contributed by atoms with Crippen LogP contribution in [-0.2, 0) is 9.59 Å². The van der Waals surface area contributed by atoms with Crippen molar-refractivity contribution in [2.75, 3.05) is 46.3 Å². The first-order chi connectivity index (χ1) is 12.4. The van der Waals surface area contributed by atoms with Crippen LogP contribution in [0, 0.1) is 5.92 Å². The predicted octanol–water partition coefficient (Wildman–Crippen LogP) is -0.882. The number of benzene rings is 1. The Bertz CT molecular complexity index is 732. The van der Waals surface area contributed by atoms with Crippen molar-refractivity contribution in [2.45, 2.75) is 0 Å². The summed E-state index contributed by atoms with van der Waals surface area (Å²) in [4.78, 5) is 43.3. The SMILES string of the molecule is COc1ccc(OC)c(N2C(=O)NC(=O)C(C=NCC[NH+](C)C)C2=O)c1. The second-order valence-electron chi connectivity index (χ2n) is 6.00. The van der Waals surface area contributed by atoms with E-state index in [0.717, 1.165) is 11.4 Å². The van der Waals surface area contributed by atoms with Gasteiger partial charge in [0.15, 0.2) is 5.92 Å². The minimum atomic E-state index is -1.18. The quantitative estimate of drug-likeness (QED) is 0.484. The number of hydrogen-bond donors (Lipinski definition) is 2. The Morgan fingerprint density at radius 1 is 1.23 bits per heavy atom. The standard InChI is InChI=1S/C17H22N4O5/c1-20(2)8-7-18-10-12-15(22)19-17(24)21(16(12)23)13-9-11(25-3)5-6-14(13)26-4/h5-6,9-10,12H,7-8H2,1-4H3,(H,19,22,24)/p+1. The van der Waals surface area contributed by atoms with Crippen LogP contribution in [0.25, 0.3) is 0 Å². The van der Waals surface area contributed by atoms with Gasteiger partial charge in [-0.2, -0.15) is 0 Å². The van der Waals surface area contributed by atoms with Crippen molar-refractivity contribution < 1.29 is 28.8 Å². The van der Waals surface area contributed by atoms with Gasteiger partial charge in [-0.3, -0.25) is 19.9 Å². The highest BCUT2D eigenvalue weighted by Crippen LogP contribution is 2.34. The van der Waals surface area contributed by atoms with Gasteiger partial charge in [0.25, 0.3) is 5.91 Å². The Morgan fingerprint density at radius 3 is 2.58 bits per heavy atom. The van der Waals surface area contributed by atoms with Gasteiger partial charge in [-0.15, -0.1) is 0 Å². The number of urea groups is 1. The molecule has 1 fully saturated rings. The summed E-state index contributed by atoms with van der Waals surface area (Å²) in [7, 11) is 6.84.